The summed E-state index contributed by atoms with van der Waals surface area (Å²) in [5.41, 5.74) is 0. The summed E-state index contributed by atoms with van der Waals surface area (Å²) >= 11 is 0. The van der Waals surface area contributed by atoms with Crippen molar-refractivity contribution in [3.63, 3.8) is 0 Å². The highest BCUT2D eigenvalue weighted by Gasteiger charge is 2.09. The van der Waals surface area contributed by atoms with Crippen LogP contribution in [0.2, 0.25) is 0 Å². The third kappa shape index (κ3) is 25.3. The standard InChI is InChI=1S/C8H18.C7H16.C6H14/c1-6(2)8(5)7(3)4;1-6(2)5-7(3)4;1-5(2)6(3)4/h6-8H,1-5H3;6-7H,5H2,1-4H3;5-6H,1-4H3. The van der Waals surface area contributed by atoms with Crippen molar-refractivity contribution >= 4 is 0 Å². The van der Waals surface area contributed by atoms with Gasteiger partial charge in [0, 0.05) is 0 Å². The van der Waals surface area contributed by atoms with Crippen molar-refractivity contribution in [2.75, 3.05) is 0 Å². The van der Waals surface area contributed by atoms with Crippen molar-refractivity contribution in [2.45, 2.75) is 96.4 Å². The Balaban J connectivity index is -0.000000234. The van der Waals surface area contributed by atoms with Gasteiger partial charge in [-0.05, 0) is 47.8 Å². The molecule has 0 aromatic carbocycles. The number of rotatable bonds is 5. The molecule has 0 spiro atoms. The second-order valence-corrected chi connectivity index (χ2v) is 8.86. The summed E-state index contributed by atoms with van der Waals surface area (Å²) in [6.45, 7) is 29.5. The van der Waals surface area contributed by atoms with E-state index in [1.165, 1.54) is 6.42 Å². The van der Waals surface area contributed by atoms with E-state index in [-0.39, 0.29) is 0 Å². The molecule has 0 aliphatic heterocycles. The van der Waals surface area contributed by atoms with Gasteiger partial charge in [-0.25, -0.2) is 0 Å². The fourth-order valence-corrected chi connectivity index (χ4v) is 1.71. The highest BCUT2D eigenvalue weighted by molar-refractivity contribution is 4.59. The minimum Gasteiger partial charge on any atom is -0.0628 e. The van der Waals surface area contributed by atoms with E-state index in [4.69, 9.17) is 0 Å². The molecule has 0 nitrogen and oxygen atoms in total. The second-order valence-electron chi connectivity index (χ2n) is 8.86. The van der Waals surface area contributed by atoms with E-state index in [1.54, 1.807) is 0 Å². The van der Waals surface area contributed by atoms with E-state index in [0.29, 0.717) is 0 Å². The predicted octanol–water partition coefficient (Wildman–Crippen LogP) is 7.92. The molecule has 0 bridgehead atoms. The molecule has 0 aromatic heterocycles. The molecule has 0 heterocycles. The lowest BCUT2D eigenvalue weighted by Crippen LogP contribution is -2.10. The fourth-order valence-electron chi connectivity index (χ4n) is 1.71. The Hall–Kier alpha value is 0. The first-order valence-corrected chi connectivity index (χ1v) is 9.32. The van der Waals surface area contributed by atoms with Crippen molar-refractivity contribution in [3.8, 4) is 0 Å². The SMILES string of the molecule is CC(C)C(C)C.CC(C)C(C)C(C)C.CC(C)CC(C)C. The van der Waals surface area contributed by atoms with Gasteiger partial charge in [0.25, 0.3) is 0 Å². The van der Waals surface area contributed by atoms with Crippen LogP contribution in [0.3, 0.4) is 0 Å². The zero-order chi connectivity index (χ0) is 17.7. The Bertz CT molecular complexity index is 164. The quantitative estimate of drug-likeness (QED) is 0.483. The summed E-state index contributed by atoms with van der Waals surface area (Å²) in [7, 11) is 0. The molecule has 0 saturated carbocycles. The van der Waals surface area contributed by atoms with Gasteiger partial charge in [0.1, 0.15) is 0 Å². The van der Waals surface area contributed by atoms with Crippen LogP contribution in [0.5, 0.6) is 0 Å². The van der Waals surface area contributed by atoms with Gasteiger partial charge in [0.2, 0.25) is 0 Å². The zero-order valence-corrected chi connectivity index (χ0v) is 17.7. The van der Waals surface area contributed by atoms with Gasteiger partial charge in [-0.15, -0.1) is 0 Å². The van der Waals surface area contributed by atoms with Crippen molar-refractivity contribution in [2.24, 2.45) is 41.4 Å². The minimum atomic E-state index is 0.843. The first-order valence-electron chi connectivity index (χ1n) is 9.32. The van der Waals surface area contributed by atoms with Gasteiger partial charge in [0.05, 0.1) is 0 Å². The van der Waals surface area contributed by atoms with E-state index in [9.17, 15) is 0 Å². The van der Waals surface area contributed by atoms with E-state index < -0.39 is 0 Å². The van der Waals surface area contributed by atoms with Gasteiger partial charge in [-0.1, -0.05) is 90.0 Å². The molecular formula is C21H48. The maximum absolute atomic E-state index is 2.31. The summed E-state index contributed by atoms with van der Waals surface area (Å²) in [4.78, 5) is 0. The molecule has 0 rings (SSSR count). The average Bonchev–Trinajstić information content (AvgIpc) is 2.27. The summed E-state index contributed by atoms with van der Waals surface area (Å²) in [6, 6.07) is 0. The van der Waals surface area contributed by atoms with Crippen LogP contribution in [0.25, 0.3) is 0 Å². The van der Waals surface area contributed by atoms with E-state index in [1.807, 2.05) is 0 Å². The molecule has 0 amide bonds. The van der Waals surface area contributed by atoms with Crippen LogP contribution >= 0.6 is 0 Å². The highest BCUT2D eigenvalue weighted by atomic mass is 14.2. The lowest BCUT2D eigenvalue weighted by atomic mass is 9.88. The monoisotopic (exact) mass is 300 g/mol. The highest BCUT2D eigenvalue weighted by Crippen LogP contribution is 2.18. The Morgan fingerprint density at radius 2 is 0.619 bits per heavy atom. The second kappa shape index (κ2) is 14.9. The topological polar surface area (TPSA) is 0 Å². The largest absolute Gasteiger partial charge is 0.0628 e. The van der Waals surface area contributed by atoms with Gasteiger partial charge < -0.3 is 0 Å². The molecule has 0 radical (unpaired) electrons. The number of hydrogen-bond donors (Lipinski definition) is 0. The molecule has 0 fully saturated rings. The predicted molar refractivity (Wildman–Crippen MR) is 103 cm³/mol. The first-order chi connectivity index (χ1) is 9.32. The first kappa shape index (κ1) is 25.9. The normalized spacial score (nSPS) is 11.4. The summed E-state index contributed by atoms with van der Waals surface area (Å²) in [5, 5.41) is 0. The van der Waals surface area contributed by atoms with E-state index >= 15 is 0 Å². The molecule has 0 N–H and O–H groups in total. The molecule has 0 unspecified atom stereocenters. The molecule has 0 aromatic rings. The summed E-state index contributed by atoms with van der Waals surface area (Å²) < 4.78 is 0. The smallest absolute Gasteiger partial charge is 0.0396 e. The molecule has 0 aliphatic rings. The van der Waals surface area contributed by atoms with Crippen LogP contribution in [0.1, 0.15) is 96.4 Å². The molecular weight excluding hydrogens is 252 g/mol. The van der Waals surface area contributed by atoms with Crippen LogP contribution in [0, 0.1) is 41.4 Å². The minimum absolute atomic E-state index is 0.843. The maximum atomic E-state index is 2.31. The Labute approximate surface area is 138 Å². The Morgan fingerprint density at radius 1 is 0.381 bits per heavy atom. The van der Waals surface area contributed by atoms with Gasteiger partial charge in [-0.2, -0.15) is 0 Å². The van der Waals surface area contributed by atoms with E-state index in [0.717, 1.165) is 41.4 Å². The third-order valence-electron chi connectivity index (χ3n) is 4.38. The third-order valence-corrected chi connectivity index (χ3v) is 4.38. The van der Waals surface area contributed by atoms with Crippen LogP contribution < -0.4 is 0 Å². The average molecular weight is 301 g/mol. The molecule has 0 heteroatoms. The van der Waals surface area contributed by atoms with Crippen LogP contribution in [-0.2, 0) is 0 Å². The summed E-state index contributed by atoms with van der Waals surface area (Å²) in [6.07, 6.45) is 1.36. The summed E-state index contributed by atoms with van der Waals surface area (Å²) in [5.74, 6) is 6.01. The van der Waals surface area contributed by atoms with Crippen LogP contribution in [0.4, 0.5) is 0 Å². The Morgan fingerprint density at radius 3 is 0.619 bits per heavy atom. The zero-order valence-electron chi connectivity index (χ0n) is 17.7. The van der Waals surface area contributed by atoms with Gasteiger partial charge in [0.15, 0.2) is 0 Å². The molecule has 0 atom stereocenters. The molecule has 132 valence electrons. The Kier molecular flexibility index (Phi) is 18.4. The number of hydrogen-bond acceptors (Lipinski definition) is 0. The van der Waals surface area contributed by atoms with Crippen molar-refractivity contribution in [1.29, 1.82) is 0 Å². The van der Waals surface area contributed by atoms with Crippen molar-refractivity contribution in [3.05, 3.63) is 0 Å². The van der Waals surface area contributed by atoms with Crippen molar-refractivity contribution < 1.29 is 0 Å². The molecule has 21 heavy (non-hydrogen) atoms. The van der Waals surface area contributed by atoms with Crippen LogP contribution in [-0.4, -0.2) is 0 Å². The lowest BCUT2D eigenvalue weighted by molar-refractivity contribution is 0.316. The fraction of sp³-hybridized carbons (Fsp3) is 1.00. The molecule has 0 saturated heterocycles. The lowest BCUT2D eigenvalue weighted by Gasteiger charge is -2.18. The van der Waals surface area contributed by atoms with E-state index in [2.05, 4.69) is 90.0 Å². The van der Waals surface area contributed by atoms with Crippen molar-refractivity contribution in [1.82, 2.24) is 0 Å². The van der Waals surface area contributed by atoms with Gasteiger partial charge in [-0.3, -0.25) is 0 Å². The maximum Gasteiger partial charge on any atom is -0.0396 e. The van der Waals surface area contributed by atoms with Crippen LogP contribution in [0.15, 0.2) is 0 Å². The molecule has 0 aliphatic carbocycles. The van der Waals surface area contributed by atoms with Gasteiger partial charge >= 0.3 is 0 Å².